The Bertz CT molecular complexity index is 866. The van der Waals surface area contributed by atoms with Crippen molar-refractivity contribution in [1.29, 1.82) is 0 Å². The first-order valence-corrected chi connectivity index (χ1v) is 9.38. The summed E-state index contributed by atoms with van der Waals surface area (Å²) >= 11 is 0. The van der Waals surface area contributed by atoms with Gasteiger partial charge in [-0.1, -0.05) is 60.7 Å². The van der Waals surface area contributed by atoms with Crippen LogP contribution in [0.25, 0.3) is 0 Å². The van der Waals surface area contributed by atoms with Crippen LogP contribution in [-0.2, 0) is 22.7 Å². The number of carbonyl (C=O) groups excluding carboxylic acids is 2. The van der Waals surface area contributed by atoms with Crippen molar-refractivity contribution >= 4 is 12.2 Å². The van der Waals surface area contributed by atoms with E-state index in [1.165, 1.54) is 0 Å². The van der Waals surface area contributed by atoms with Gasteiger partial charge in [-0.2, -0.15) is 0 Å². The molecule has 2 aromatic rings. The summed E-state index contributed by atoms with van der Waals surface area (Å²) in [4.78, 5) is 25.3. The van der Waals surface area contributed by atoms with Crippen molar-refractivity contribution in [2.45, 2.75) is 44.0 Å². The van der Waals surface area contributed by atoms with E-state index >= 15 is 0 Å². The fraction of sp³-hybridized carbons (Fsp3) is 0.333. The average Bonchev–Trinajstić information content (AvgIpc) is 3.19. The molecule has 1 saturated heterocycles. The van der Waals surface area contributed by atoms with Gasteiger partial charge < -0.3 is 14.6 Å². The summed E-state index contributed by atoms with van der Waals surface area (Å²) in [6.07, 6.45) is -4.44. The van der Waals surface area contributed by atoms with Gasteiger partial charge in [0.1, 0.15) is 31.5 Å². The second-order valence-electron chi connectivity index (χ2n) is 7.07. The topological polar surface area (TPSA) is 79.3 Å². The number of alkyl halides is 1. The lowest BCUT2D eigenvalue weighted by atomic mass is 10.2. The molecule has 1 N–H and O–H groups in total. The van der Waals surface area contributed by atoms with Crippen molar-refractivity contribution in [1.82, 2.24) is 10.0 Å². The van der Waals surface area contributed by atoms with Crippen LogP contribution in [0, 0.1) is 0 Å². The molecule has 0 radical (unpaired) electrons. The molecular formula is C21H21FN2O5. The predicted molar refractivity (Wildman–Crippen MR) is 100 cm³/mol. The van der Waals surface area contributed by atoms with E-state index in [-0.39, 0.29) is 19.6 Å². The second kappa shape index (κ2) is 8.08. The summed E-state index contributed by atoms with van der Waals surface area (Å²) in [5.41, 5.74) is 1.52. The molecule has 1 saturated carbocycles. The Morgan fingerprint density at radius 3 is 1.90 bits per heavy atom. The molecule has 2 aromatic carbocycles. The van der Waals surface area contributed by atoms with E-state index in [0.29, 0.717) is 0 Å². The predicted octanol–water partition coefficient (Wildman–Crippen LogP) is 3.03. The molecule has 0 aromatic heterocycles. The number of ether oxygens (including phenoxy) is 2. The van der Waals surface area contributed by atoms with Gasteiger partial charge in [-0.15, -0.1) is 0 Å². The number of aliphatic hydroxyl groups excluding tert-OH is 1. The number of benzene rings is 2. The van der Waals surface area contributed by atoms with Crippen LogP contribution in [0.5, 0.6) is 0 Å². The standard InChI is InChI=1S/C21H21FN2O5/c22-16-11-17-19(25)18(16)24(21(27)29-13-15-9-5-2-6-10-15)23(17)20(26)28-12-14-7-3-1-4-8-14/h1-10,16-19,25H,11-13H2/t16-,17-,18+,19+/m0/s1. The maximum atomic E-state index is 14.3. The highest BCUT2D eigenvalue weighted by Crippen LogP contribution is 2.40. The van der Waals surface area contributed by atoms with Crippen molar-refractivity contribution in [3.05, 3.63) is 71.8 Å². The number of rotatable bonds is 4. The number of carbonyl (C=O) groups is 2. The lowest BCUT2D eigenvalue weighted by Gasteiger charge is -2.36. The zero-order chi connectivity index (χ0) is 20.4. The average molecular weight is 400 g/mol. The van der Waals surface area contributed by atoms with Gasteiger partial charge in [0, 0.05) is 6.42 Å². The Labute approximate surface area is 167 Å². The van der Waals surface area contributed by atoms with Gasteiger partial charge >= 0.3 is 12.2 Å². The van der Waals surface area contributed by atoms with E-state index in [0.717, 1.165) is 21.1 Å². The molecule has 1 heterocycles. The number of nitrogens with zero attached hydrogens (tertiary/aromatic N) is 2. The van der Waals surface area contributed by atoms with Crippen molar-refractivity contribution in [3.63, 3.8) is 0 Å². The van der Waals surface area contributed by atoms with Crippen LogP contribution >= 0.6 is 0 Å². The summed E-state index contributed by atoms with van der Waals surface area (Å²) < 4.78 is 24.9. The van der Waals surface area contributed by atoms with E-state index in [9.17, 15) is 19.1 Å². The molecule has 2 aliphatic rings. The normalized spacial score (nSPS) is 25.2. The minimum Gasteiger partial charge on any atom is -0.443 e. The molecule has 0 spiro atoms. The van der Waals surface area contributed by atoms with Crippen LogP contribution in [0.2, 0.25) is 0 Å². The monoisotopic (exact) mass is 400 g/mol. The highest BCUT2D eigenvalue weighted by atomic mass is 19.1. The zero-order valence-electron chi connectivity index (χ0n) is 15.6. The largest absolute Gasteiger partial charge is 0.443 e. The molecule has 7 nitrogen and oxygen atoms in total. The Morgan fingerprint density at radius 2 is 1.38 bits per heavy atom. The molecule has 2 bridgehead atoms. The lowest BCUT2D eigenvalue weighted by Crippen LogP contribution is -2.56. The molecule has 0 unspecified atom stereocenters. The Morgan fingerprint density at radius 1 is 0.897 bits per heavy atom. The Hall–Kier alpha value is -3.13. The maximum absolute atomic E-state index is 14.3. The molecule has 2 fully saturated rings. The number of aliphatic hydroxyl groups is 1. The van der Waals surface area contributed by atoms with Crippen LogP contribution in [0.15, 0.2) is 60.7 Å². The Kier molecular flexibility index (Phi) is 5.35. The van der Waals surface area contributed by atoms with Crippen molar-refractivity contribution in [3.8, 4) is 0 Å². The minimum atomic E-state index is -1.45. The minimum absolute atomic E-state index is 0.00435. The number of amides is 2. The van der Waals surface area contributed by atoms with Crippen LogP contribution in [0.4, 0.5) is 14.0 Å². The van der Waals surface area contributed by atoms with E-state index in [2.05, 4.69) is 0 Å². The van der Waals surface area contributed by atoms with Gasteiger partial charge in [0.15, 0.2) is 0 Å². The first-order valence-electron chi connectivity index (χ1n) is 9.38. The summed E-state index contributed by atoms with van der Waals surface area (Å²) in [6, 6.07) is 16.0. The number of halogens is 1. The molecular weight excluding hydrogens is 379 g/mol. The number of hydrogen-bond donors (Lipinski definition) is 1. The van der Waals surface area contributed by atoms with Crippen molar-refractivity contribution in [2.75, 3.05) is 0 Å². The van der Waals surface area contributed by atoms with Crippen LogP contribution in [0.1, 0.15) is 17.5 Å². The number of fused-ring (bicyclic) bond motifs is 2. The third kappa shape index (κ3) is 3.75. The lowest BCUT2D eigenvalue weighted by molar-refractivity contribution is -0.0620. The SMILES string of the molecule is O=C(OCc1ccccc1)N1[C@H]2[C@H](O)[C@H](C[C@@H]2F)N1C(=O)OCc1ccccc1. The van der Waals surface area contributed by atoms with E-state index < -0.39 is 36.5 Å². The third-order valence-electron chi connectivity index (χ3n) is 5.19. The second-order valence-corrected chi connectivity index (χ2v) is 7.07. The zero-order valence-corrected chi connectivity index (χ0v) is 15.6. The molecule has 4 atom stereocenters. The van der Waals surface area contributed by atoms with Crippen molar-refractivity contribution < 1.29 is 28.6 Å². The molecule has 4 rings (SSSR count). The molecule has 1 aliphatic heterocycles. The van der Waals surface area contributed by atoms with Crippen molar-refractivity contribution in [2.24, 2.45) is 0 Å². The van der Waals surface area contributed by atoms with Gasteiger partial charge in [0.05, 0.1) is 6.04 Å². The maximum Gasteiger partial charge on any atom is 0.429 e. The molecule has 152 valence electrons. The number of hydrazine groups is 1. The third-order valence-corrected chi connectivity index (χ3v) is 5.19. The summed E-state index contributed by atoms with van der Waals surface area (Å²) in [5, 5.41) is 12.2. The summed E-state index contributed by atoms with van der Waals surface area (Å²) in [7, 11) is 0. The summed E-state index contributed by atoms with van der Waals surface area (Å²) in [5.74, 6) is 0. The van der Waals surface area contributed by atoms with Gasteiger partial charge in [-0.05, 0) is 11.1 Å². The quantitative estimate of drug-likeness (QED) is 0.854. The van der Waals surface area contributed by atoms with E-state index in [1.807, 2.05) is 24.3 Å². The number of hydrogen-bond acceptors (Lipinski definition) is 5. The van der Waals surface area contributed by atoms with Gasteiger partial charge in [-0.3, -0.25) is 0 Å². The van der Waals surface area contributed by atoms with Gasteiger partial charge in [0.2, 0.25) is 0 Å². The molecule has 8 heteroatoms. The Balaban J connectivity index is 1.46. The fourth-order valence-corrected chi connectivity index (χ4v) is 3.80. The molecule has 1 aliphatic carbocycles. The smallest absolute Gasteiger partial charge is 0.429 e. The van der Waals surface area contributed by atoms with Gasteiger partial charge in [0.25, 0.3) is 0 Å². The summed E-state index contributed by atoms with van der Waals surface area (Å²) in [6.45, 7) is -0.0386. The van der Waals surface area contributed by atoms with E-state index in [1.54, 1.807) is 36.4 Å². The van der Waals surface area contributed by atoms with Crippen LogP contribution in [0.3, 0.4) is 0 Å². The highest BCUT2D eigenvalue weighted by molar-refractivity contribution is 5.76. The first kappa shape index (κ1) is 19.2. The molecule has 29 heavy (non-hydrogen) atoms. The van der Waals surface area contributed by atoms with Crippen LogP contribution in [-0.4, -0.2) is 51.7 Å². The molecule has 2 amide bonds. The highest BCUT2D eigenvalue weighted by Gasteiger charge is 2.62. The van der Waals surface area contributed by atoms with Crippen LogP contribution < -0.4 is 0 Å². The fourth-order valence-electron chi connectivity index (χ4n) is 3.80. The first-order chi connectivity index (χ1) is 14.1. The van der Waals surface area contributed by atoms with Gasteiger partial charge in [-0.25, -0.2) is 24.0 Å². The van der Waals surface area contributed by atoms with E-state index in [4.69, 9.17) is 9.47 Å².